The van der Waals surface area contributed by atoms with Gasteiger partial charge in [0.05, 0.1) is 19.2 Å². The molecule has 4 nitrogen and oxygen atoms in total. The van der Waals surface area contributed by atoms with Crippen molar-refractivity contribution in [3.63, 3.8) is 0 Å². The Morgan fingerprint density at radius 1 is 1.58 bits per heavy atom. The molecule has 1 aromatic rings. The molecular weight excluding hydrogens is 245 g/mol. The van der Waals surface area contributed by atoms with Crippen LogP contribution in [-0.2, 0) is 4.74 Å². The van der Waals surface area contributed by atoms with Crippen molar-refractivity contribution < 1.29 is 9.13 Å². The lowest BCUT2D eigenvalue weighted by Crippen LogP contribution is -2.42. The number of hydrogen-bond acceptors (Lipinski definition) is 4. The number of rotatable bonds is 3. The Balaban J connectivity index is 2.34. The summed E-state index contributed by atoms with van der Waals surface area (Å²) in [5, 5.41) is 12.0. The van der Waals surface area contributed by atoms with Crippen molar-refractivity contribution in [2.24, 2.45) is 0 Å². The van der Waals surface area contributed by atoms with Gasteiger partial charge in [0, 0.05) is 23.8 Å². The van der Waals surface area contributed by atoms with Crippen LogP contribution in [0.25, 0.3) is 0 Å². The molecule has 1 N–H and O–H groups in total. The summed E-state index contributed by atoms with van der Waals surface area (Å²) in [6, 6.07) is 7.09. The lowest BCUT2D eigenvalue weighted by molar-refractivity contribution is 0.0763. The third-order valence-corrected chi connectivity index (χ3v) is 3.45. The van der Waals surface area contributed by atoms with E-state index in [1.54, 1.807) is 13.1 Å². The van der Waals surface area contributed by atoms with Gasteiger partial charge in [0.25, 0.3) is 0 Å². The van der Waals surface area contributed by atoms with Crippen LogP contribution in [0.4, 0.5) is 10.1 Å². The van der Waals surface area contributed by atoms with Crippen LogP contribution < -0.4 is 10.2 Å². The molecule has 0 radical (unpaired) electrons. The van der Waals surface area contributed by atoms with Crippen LogP contribution in [0.2, 0.25) is 0 Å². The molecule has 19 heavy (non-hydrogen) atoms. The Hall–Kier alpha value is -1.64. The molecule has 0 spiro atoms. The fraction of sp³-hybridized carbons (Fsp3) is 0.500. The Morgan fingerprint density at radius 3 is 3.05 bits per heavy atom. The minimum atomic E-state index is -0.449. The lowest BCUT2D eigenvalue weighted by Gasteiger charge is -2.34. The SMILES string of the molecule is CNC(C)c1c(F)cccc1N1CCOC(C#N)C1. The largest absolute Gasteiger partial charge is 0.365 e. The summed E-state index contributed by atoms with van der Waals surface area (Å²) in [5.41, 5.74) is 1.48. The Morgan fingerprint density at radius 2 is 2.37 bits per heavy atom. The maximum atomic E-state index is 14.1. The third-order valence-electron chi connectivity index (χ3n) is 3.45. The molecule has 1 fully saturated rings. The lowest BCUT2D eigenvalue weighted by atomic mass is 10.0. The van der Waals surface area contributed by atoms with Gasteiger partial charge in [0.1, 0.15) is 5.82 Å². The van der Waals surface area contributed by atoms with Gasteiger partial charge in [0.2, 0.25) is 0 Å². The third kappa shape index (κ3) is 2.86. The van der Waals surface area contributed by atoms with Gasteiger partial charge >= 0.3 is 0 Å². The van der Waals surface area contributed by atoms with Crippen molar-refractivity contribution in [3.05, 3.63) is 29.6 Å². The zero-order valence-electron chi connectivity index (χ0n) is 11.2. The van der Waals surface area contributed by atoms with Gasteiger partial charge in [-0.1, -0.05) is 6.07 Å². The zero-order chi connectivity index (χ0) is 13.8. The van der Waals surface area contributed by atoms with Crippen molar-refractivity contribution in [2.75, 3.05) is 31.6 Å². The van der Waals surface area contributed by atoms with Gasteiger partial charge in [-0.3, -0.25) is 0 Å². The minimum Gasteiger partial charge on any atom is -0.365 e. The van der Waals surface area contributed by atoms with E-state index < -0.39 is 6.10 Å². The molecule has 2 atom stereocenters. The van der Waals surface area contributed by atoms with E-state index in [9.17, 15) is 4.39 Å². The molecule has 0 aliphatic carbocycles. The van der Waals surface area contributed by atoms with Crippen molar-refractivity contribution in [3.8, 4) is 6.07 Å². The summed E-state index contributed by atoms with van der Waals surface area (Å²) >= 11 is 0. The maximum Gasteiger partial charge on any atom is 0.161 e. The highest BCUT2D eigenvalue weighted by atomic mass is 19.1. The molecular formula is C14H18FN3O. The van der Waals surface area contributed by atoms with Crippen molar-refractivity contribution in [1.82, 2.24) is 5.32 Å². The molecule has 1 heterocycles. The summed E-state index contributed by atoms with van der Waals surface area (Å²) in [5.74, 6) is -0.223. The standard InChI is InChI=1S/C14H18FN3O/c1-10(17-2)14-12(15)4-3-5-13(14)18-6-7-19-11(8-16)9-18/h3-5,10-11,17H,6-7,9H2,1-2H3. The van der Waals surface area contributed by atoms with Crippen LogP contribution in [0.3, 0.4) is 0 Å². The van der Waals surface area contributed by atoms with Crippen LogP contribution in [0.1, 0.15) is 18.5 Å². The molecule has 2 rings (SSSR count). The molecule has 1 saturated heterocycles. The Labute approximate surface area is 112 Å². The molecule has 0 bridgehead atoms. The average Bonchev–Trinajstić information content (AvgIpc) is 2.46. The number of benzene rings is 1. The number of nitrogens with zero attached hydrogens (tertiary/aromatic N) is 2. The molecule has 2 unspecified atom stereocenters. The number of halogens is 1. The molecule has 1 aliphatic heterocycles. The summed E-state index contributed by atoms with van der Waals surface area (Å²) in [6.45, 7) is 3.56. The second kappa shape index (κ2) is 6.00. The van der Waals surface area contributed by atoms with E-state index in [2.05, 4.69) is 11.4 Å². The molecule has 5 heteroatoms. The van der Waals surface area contributed by atoms with E-state index in [-0.39, 0.29) is 11.9 Å². The van der Waals surface area contributed by atoms with Gasteiger partial charge in [-0.25, -0.2) is 4.39 Å². The average molecular weight is 263 g/mol. The van der Waals surface area contributed by atoms with Gasteiger partial charge < -0.3 is 15.0 Å². The minimum absolute atomic E-state index is 0.0837. The Kier molecular flexibility index (Phi) is 4.35. The number of anilines is 1. The van der Waals surface area contributed by atoms with Gasteiger partial charge in [0.15, 0.2) is 6.10 Å². The highest BCUT2D eigenvalue weighted by molar-refractivity contribution is 5.56. The fourth-order valence-corrected chi connectivity index (χ4v) is 2.32. The first-order valence-corrected chi connectivity index (χ1v) is 6.39. The quantitative estimate of drug-likeness (QED) is 0.904. The number of morpholine rings is 1. The van der Waals surface area contributed by atoms with E-state index in [0.717, 1.165) is 5.69 Å². The fourth-order valence-electron chi connectivity index (χ4n) is 2.32. The summed E-state index contributed by atoms with van der Waals surface area (Å²) in [7, 11) is 1.80. The molecule has 1 aliphatic rings. The van der Waals surface area contributed by atoms with E-state index in [1.165, 1.54) is 6.07 Å². The predicted octanol–water partition coefficient (Wildman–Crippen LogP) is 1.83. The molecule has 0 saturated carbocycles. The second-order valence-electron chi connectivity index (χ2n) is 4.62. The number of hydrogen-bond donors (Lipinski definition) is 1. The topological polar surface area (TPSA) is 48.3 Å². The van der Waals surface area contributed by atoms with Crippen LogP contribution in [0.5, 0.6) is 0 Å². The van der Waals surface area contributed by atoms with Crippen LogP contribution in [0.15, 0.2) is 18.2 Å². The second-order valence-corrected chi connectivity index (χ2v) is 4.62. The molecule has 1 aromatic carbocycles. The maximum absolute atomic E-state index is 14.1. The van der Waals surface area contributed by atoms with Gasteiger partial charge in [-0.15, -0.1) is 0 Å². The van der Waals surface area contributed by atoms with Crippen LogP contribution in [0, 0.1) is 17.1 Å². The number of ether oxygens (including phenoxy) is 1. The highest BCUT2D eigenvalue weighted by Crippen LogP contribution is 2.29. The first-order chi connectivity index (χ1) is 9.17. The van der Waals surface area contributed by atoms with Crippen molar-refractivity contribution >= 4 is 5.69 Å². The highest BCUT2D eigenvalue weighted by Gasteiger charge is 2.24. The monoisotopic (exact) mass is 263 g/mol. The van der Waals surface area contributed by atoms with E-state index in [4.69, 9.17) is 10.00 Å². The van der Waals surface area contributed by atoms with E-state index in [0.29, 0.717) is 25.3 Å². The molecule has 0 aromatic heterocycles. The van der Waals surface area contributed by atoms with Crippen molar-refractivity contribution in [2.45, 2.75) is 19.1 Å². The van der Waals surface area contributed by atoms with Gasteiger partial charge in [-0.05, 0) is 26.1 Å². The first-order valence-electron chi connectivity index (χ1n) is 6.39. The predicted molar refractivity (Wildman–Crippen MR) is 71.4 cm³/mol. The zero-order valence-corrected chi connectivity index (χ0v) is 11.2. The smallest absolute Gasteiger partial charge is 0.161 e. The number of nitrogens with one attached hydrogen (secondary N) is 1. The van der Waals surface area contributed by atoms with E-state index in [1.807, 2.05) is 17.9 Å². The normalized spacial score (nSPS) is 20.9. The summed E-state index contributed by atoms with van der Waals surface area (Å²) in [4.78, 5) is 2.02. The number of nitriles is 1. The van der Waals surface area contributed by atoms with Crippen LogP contribution in [-0.4, -0.2) is 32.8 Å². The summed E-state index contributed by atoms with van der Waals surface area (Å²) < 4.78 is 19.4. The van der Waals surface area contributed by atoms with Gasteiger partial charge in [-0.2, -0.15) is 5.26 Å². The first kappa shape index (κ1) is 13.8. The van der Waals surface area contributed by atoms with Crippen LogP contribution >= 0.6 is 0 Å². The van der Waals surface area contributed by atoms with E-state index >= 15 is 0 Å². The summed E-state index contributed by atoms with van der Waals surface area (Å²) in [6.07, 6.45) is -0.449. The van der Waals surface area contributed by atoms with Crippen molar-refractivity contribution in [1.29, 1.82) is 5.26 Å². The Bertz CT molecular complexity index is 486. The molecule has 0 amide bonds. The molecule has 102 valence electrons.